The minimum atomic E-state index is -0.760. The lowest BCUT2D eigenvalue weighted by atomic mass is 9.99. The highest BCUT2D eigenvalue weighted by molar-refractivity contribution is 5.90. The van der Waals surface area contributed by atoms with Gasteiger partial charge in [0.15, 0.2) is 6.61 Å². The number of benzene rings is 2. The summed E-state index contributed by atoms with van der Waals surface area (Å²) in [7, 11) is 1.27. The minimum Gasteiger partial charge on any atom is -0.467 e. The fourth-order valence-corrected chi connectivity index (χ4v) is 2.81. The first-order chi connectivity index (χ1) is 13.0. The van der Waals surface area contributed by atoms with E-state index in [-0.39, 0.29) is 12.3 Å². The van der Waals surface area contributed by atoms with Gasteiger partial charge in [-0.2, -0.15) is 0 Å². The molecule has 0 spiro atoms. The molecule has 0 unspecified atom stereocenters. The number of fused-ring (bicyclic) bond motifs is 1. The smallest absolute Gasteiger partial charge is 0.328 e. The van der Waals surface area contributed by atoms with Crippen molar-refractivity contribution in [2.75, 3.05) is 13.7 Å². The molecule has 1 amide bonds. The fraction of sp³-hybridized carbons (Fsp3) is 0.381. The van der Waals surface area contributed by atoms with Gasteiger partial charge in [-0.25, -0.2) is 4.79 Å². The van der Waals surface area contributed by atoms with E-state index >= 15 is 0 Å². The zero-order valence-electron chi connectivity index (χ0n) is 15.9. The molecule has 0 heterocycles. The Kier molecular flexibility index (Phi) is 7.34. The summed E-state index contributed by atoms with van der Waals surface area (Å²) >= 11 is 0. The van der Waals surface area contributed by atoms with Crippen molar-refractivity contribution < 1.29 is 23.9 Å². The largest absolute Gasteiger partial charge is 0.467 e. The molecule has 2 rings (SSSR count). The summed E-state index contributed by atoms with van der Waals surface area (Å²) in [4.78, 5) is 36.0. The lowest BCUT2D eigenvalue weighted by Crippen LogP contribution is -2.47. The molecular formula is C21H25NO5. The Morgan fingerprint density at radius 3 is 2.48 bits per heavy atom. The van der Waals surface area contributed by atoms with E-state index in [4.69, 9.17) is 9.47 Å². The molecular weight excluding hydrogens is 346 g/mol. The first-order valence-electron chi connectivity index (χ1n) is 8.95. The number of carbonyl (C=O) groups excluding carboxylic acids is 3. The standard InChI is InChI=1S/C21H25NO5/c1-4-14(2)20(21(25)26-3)22-18(23)13-27-19(24)12-16-10-7-9-15-8-5-6-11-17(15)16/h5-11,14,20H,4,12-13H2,1-3H3,(H,22,23)/t14-,20+/m0/s1. The molecule has 2 aromatic carbocycles. The Morgan fingerprint density at radius 2 is 1.78 bits per heavy atom. The van der Waals surface area contributed by atoms with E-state index in [2.05, 4.69) is 5.32 Å². The Morgan fingerprint density at radius 1 is 1.07 bits per heavy atom. The number of ether oxygens (including phenoxy) is 2. The SMILES string of the molecule is CC[C@H](C)[C@@H](NC(=O)COC(=O)Cc1cccc2ccccc12)C(=O)OC. The van der Waals surface area contributed by atoms with Crippen LogP contribution in [0, 0.1) is 5.92 Å². The lowest BCUT2D eigenvalue weighted by Gasteiger charge is -2.21. The van der Waals surface area contributed by atoms with Crippen molar-refractivity contribution in [1.82, 2.24) is 5.32 Å². The highest BCUT2D eigenvalue weighted by Crippen LogP contribution is 2.19. The predicted molar refractivity (Wildman–Crippen MR) is 102 cm³/mol. The maximum Gasteiger partial charge on any atom is 0.328 e. The molecule has 144 valence electrons. The van der Waals surface area contributed by atoms with E-state index < -0.39 is 30.5 Å². The van der Waals surface area contributed by atoms with E-state index in [1.165, 1.54) is 7.11 Å². The van der Waals surface area contributed by atoms with Crippen LogP contribution in [0.4, 0.5) is 0 Å². The first kappa shape index (κ1) is 20.4. The molecule has 0 aliphatic heterocycles. The molecule has 2 aromatic rings. The number of nitrogens with one attached hydrogen (secondary N) is 1. The molecule has 0 fully saturated rings. The van der Waals surface area contributed by atoms with Gasteiger partial charge in [0.2, 0.25) is 0 Å². The third-order valence-corrected chi connectivity index (χ3v) is 4.56. The van der Waals surface area contributed by atoms with Crippen molar-refractivity contribution in [3.05, 3.63) is 48.0 Å². The number of esters is 2. The van der Waals surface area contributed by atoms with Crippen LogP contribution in [-0.2, 0) is 30.3 Å². The predicted octanol–water partition coefficient (Wildman–Crippen LogP) is 2.63. The monoisotopic (exact) mass is 371 g/mol. The maximum atomic E-state index is 12.1. The molecule has 0 aliphatic carbocycles. The van der Waals surface area contributed by atoms with Gasteiger partial charge in [-0.05, 0) is 22.3 Å². The van der Waals surface area contributed by atoms with Crippen LogP contribution in [0.25, 0.3) is 10.8 Å². The first-order valence-corrected chi connectivity index (χ1v) is 8.95. The topological polar surface area (TPSA) is 81.7 Å². The molecule has 6 nitrogen and oxygen atoms in total. The average molecular weight is 371 g/mol. The molecule has 0 aromatic heterocycles. The van der Waals surface area contributed by atoms with Crippen LogP contribution >= 0.6 is 0 Å². The number of methoxy groups -OCH3 is 1. The zero-order chi connectivity index (χ0) is 19.8. The molecule has 0 radical (unpaired) electrons. The number of hydrogen-bond donors (Lipinski definition) is 1. The van der Waals surface area contributed by atoms with Crippen LogP contribution < -0.4 is 5.32 Å². The molecule has 6 heteroatoms. The van der Waals surface area contributed by atoms with Crippen LogP contribution in [-0.4, -0.2) is 37.6 Å². The Bertz CT molecular complexity index is 812. The number of hydrogen-bond acceptors (Lipinski definition) is 5. The quantitative estimate of drug-likeness (QED) is 0.722. The van der Waals surface area contributed by atoms with Crippen LogP contribution in [0.15, 0.2) is 42.5 Å². The molecule has 27 heavy (non-hydrogen) atoms. The third kappa shape index (κ3) is 5.54. The van der Waals surface area contributed by atoms with Gasteiger partial charge in [0.25, 0.3) is 5.91 Å². The van der Waals surface area contributed by atoms with Crippen LogP contribution in [0.3, 0.4) is 0 Å². The van der Waals surface area contributed by atoms with Crippen molar-refractivity contribution in [3.8, 4) is 0 Å². The summed E-state index contributed by atoms with van der Waals surface area (Å²) in [5.41, 5.74) is 0.838. The van der Waals surface area contributed by atoms with Gasteiger partial charge in [-0.15, -0.1) is 0 Å². The van der Waals surface area contributed by atoms with E-state index in [1.54, 1.807) is 0 Å². The molecule has 2 atom stereocenters. The summed E-state index contributed by atoms with van der Waals surface area (Å²) < 4.78 is 9.80. The van der Waals surface area contributed by atoms with E-state index in [1.807, 2.05) is 56.3 Å². The summed E-state index contributed by atoms with van der Waals surface area (Å²) in [6.45, 7) is 3.32. The third-order valence-electron chi connectivity index (χ3n) is 4.56. The summed E-state index contributed by atoms with van der Waals surface area (Å²) in [5.74, 6) is -1.64. The second-order valence-corrected chi connectivity index (χ2v) is 6.43. The second kappa shape index (κ2) is 9.71. The van der Waals surface area contributed by atoms with Gasteiger partial charge in [0.1, 0.15) is 6.04 Å². The highest BCUT2D eigenvalue weighted by Gasteiger charge is 2.26. The van der Waals surface area contributed by atoms with Crippen LogP contribution in [0.5, 0.6) is 0 Å². The van der Waals surface area contributed by atoms with Crippen molar-refractivity contribution in [1.29, 1.82) is 0 Å². The highest BCUT2D eigenvalue weighted by atomic mass is 16.5. The van der Waals surface area contributed by atoms with Gasteiger partial charge in [-0.3, -0.25) is 9.59 Å². The number of carbonyl (C=O) groups is 3. The van der Waals surface area contributed by atoms with Gasteiger partial charge in [-0.1, -0.05) is 62.7 Å². The number of amides is 1. The number of rotatable bonds is 8. The second-order valence-electron chi connectivity index (χ2n) is 6.43. The average Bonchev–Trinajstić information content (AvgIpc) is 2.69. The zero-order valence-corrected chi connectivity index (χ0v) is 15.9. The summed E-state index contributed by atoms with van der Waals surface area (Å²) in [6, 6.07) is 12.7. The Balaban J connectivity index is 1.92. The van der Waals surface area contributed by atoms with Crippen molar-refractivity contribution in [3.63, 3.8) is 0 Å². The molecule has 0 aliphatic rings. The van der Waals surface area contributed by atoms with Crippen molar-refractivity contribution in [2.45, 2.75) is 32.7 Å². The van der Waals surface area contributed by atoms with Crippen molar-refractivity contribution in [2.24, 2.45) is 5.92 Å². The summed E-state index contributed by atoms with van der Waals surface area (Å²) in [6.07, 6.45) is 0.765. The molecule has 0 saturated heterocycles. The van der Waals surface area contributed by atoms with E-state index in [9.17, 15) is 14.4 Å². The Hall–Kier alpha value is -2.89. The fourth-order valence-electron chi connectivity index (χ4n) is 2.81. The lowest BCUT2D eigenvalue weighted by molar-refractivity contribution is -0.150. The van der Waals surface area contributed by atoms with Crippen LogP contribution in [0.2, 0.25) is 0 Å². The maximum absolute atomic E-state index is 12.1. The summed E-state index contributed by atoms with van der Waals surface area (Å²) in [5, 5.41) is 4.59. The molecule has 1 N–H and O–H groups in total. The van der Waals surface area contributed by atoms with E-state index in [0.29, 0.717) is 6.42 Å². The van der Waals surface area contributed by atoms with Gasteiger partial charge < -0.3 is 14.8 Å². The minimum absolute atomic E-state index is 0.0699. The van der Waals surface area contributed by atoms with Crippen molar-refractivity contribution >= 4 is 28.6 Å². The van der Waals surface area contributed by atoms with E-state index in [0.717, 1.165) is 16.3 Å². The molecule has 0 saturated carbocycles. The Labute approximate surface area is 158 Å². The van der Waals surface area contributed by atoms with Crippen LogP contribution in [0.1, 0.15) is 25.8 Å². The molecule has 0 bridgehead atoms. The normalized spacial score (nSPS) is 12.9. The van der Waals surface area contributed by atoms with Gasteiger partial charge in [0, 0.05) is 0 Å². The van der Waals surface area contributed by atoms with Gasteiger partial charge in [0.05, 0.1) is 13.5 Å². The van der Waals surface area contributed by atoms with Gasteiger partial charge >= 0.3 is 11.9 Å².